The highest BCUT2D eigenvalue weighted by Crippen LogP contribution is 2.27. The lowest BCUT2D eigenvalue weighted by Crippen LogP contribution is -2.56. The summed E-state index contributed by atoms with van der Waals surface area (Å²) >= 11 is 0. The molecule has 0 radical (unpaired) electrons. The molecule has 8 nitrogen and oxygen atoms in total. The Hall–Kier alpha value is -3.10. The van der Waals surface area contributed by atoms with E-state index in [4.69, 9.17) is 9.47 Å². The zero-order valence-corrected chi connectivity index (χ0v) is 18.8. The molecule has 1 aromatic heterocycles. The Morgan fingerprint density at radius 1 is 1.12 bits per heavy atom. The van der Waals surface area contributed by atoms with Crippen LogP contribution in [0.5, 0.6) is 0 Å². The molecule has 1 heterocycles. The molecule has 1 aliphatic carbocycles. The van der Waals surface area contributed by atoms with Crippen molar-refractivity contribution in [1.29, 1.82) is 0 Å². The summed E-state index contributed by atoms with van der Waals surface area (Å²) in [5.74, 6) is -1.45. The van der Waals surface area contributed by atoms with Crippen molar-refractivity contribution in [1.82, 2.24) is 15.6 Å². The number of carbonyl (C=O) groups is 3. The van der Waals surface area contributed by atoms with Crippen LogP contribution < -0.4 is 10.6 Å². The number of carbonyl (C=O) groups excluding carboxylic acids is 3. The molecule has 0 saturated heterocycles. The number of H-pyrrole nitrogens is 1. The van der Waals surface area contributed by atoms with Crippen LogP contribution in [0.3, 0.4) is 0 Å². The van der Waals surface area contributed by atoms with Crippen LogP contribution in [0.2, 0.25) is 0 Å². The third-order valence-electron chi connectivity index (χ3n) is 5.32. The highest BCUT2D eigenvalue weighted by atomic mass is 19.1. The van der Waals surface area contributed by atoms with Crippen molar-refractivity contribution in [3.05, 3.63) is 35.8 Å². The second-order valence-electron chi connectivity index (χ2n) is 9.01. The Balaban J connectivity index is 1.74. The highest BCUT2D eigenvalue weighted by molar-refractivity contribution is 5.98. The van der Waals surface area contributed by atoms with Gasteiger partial charge in [0.1, 0.15) is 17.1 Å². The first kappa shape index (κ1) is 23.6. The SMILES string of the molecule is CCOC(=O)[C@@H]1CC[C@H](NC(=O)c2cc3cc(F)ccc3[nH]2)[C@H](NC(=O)OC(C)(C)C)C1. The molecule has 1 fully saturated rings. The fourth-order valence-corrected chi connectivity index (χ4v) is 3.91. The van der Waals surface area contributed by atoms with Crippen LogP contribution in [0.15, 0.2) is 24.3 Å². The van der Waals surface area contributed by atoms with E-state index in [1.165, 1.54) is 12.1 Å². The van der Waals surface area contributed by atoms with Crippen LogP contribution in [0.25, 0.3) is 10.9 Å². The zero-order chi connectivity index (χ0) is 23.5. The third-order valence-corrected chi connectivity index (χ3v) is 5.32. The molecule has 1 saturated carbocycles. The van der Waals surface area contributed by atoms with E-state index in [9.17, 15) is 18.8 Å². The van der Waals surface area contributed by atoms with Crippen molar-refractivity contribution in [2.45, 2.75) is 64.6 Å². The number of ether oxygens (including phenoxy) is 2. The van der Waals surface area contributed by atoms with Gasteiger partial charge in [0.05, 0.1) is 18.6 Å². The number of aromatic nitrogens is 1. The van der Waals surface area contributed by atoms with Gasteiger partial charge < -0.3 is 25.1 Å². The largest absolute Gasteiger partial charge is 0.466 e. The van der Waals surface area contributed by atoms with Crippen molar-refractivity contribution in [3.63, 3.8) is 0 Å². The number of aromatic amines is 1. The molecule has 174 valence electrons. The predicted molar refractivity (Wildman–Crippen MR) is 117 cm³/mol. The number of hydrogen-bond donors (Lipinski definition) is 3. The first-order chi connectivity index (χ1) is 15.1. The number of esters is 1. The van der Waals surface area contributed by atoms with Crippen LogP contribution >= 0.6 is 0 Å². The molecular weight excluding hydrogens is 417 g/mol. The zero-order valence-electron chi connectivity index (χ0n) is 18.8. The van der Waals surface area contributed by atoms with Crippen molar-refractivity contribution in [2.24, 2.45) is 5.92 Å². The molecule has 0 unspecified atom stereocenters. The van der Waals surface area contributed by atoms with Gasteiger partial charge in [0.2, 0.25) is 0 Å². The summed E-state index contributed by atoms with van der Waals surface area (Å²) < 4.78 is 24.0. The Labute approximate surface area is 186 Å². The molecule has 3 rings (SSSR count). The lowest BCUT2D eigenvalue weighted by Gasteiger charge is -2.36. The van der Waals surface area contributed by atoms with Crippen molar-refractivity contribution in [2.75, 3.05) is 6.61 Å². The van der Waals surface area contributed by atoms with E-state index in [2.05, 4.69) is 15.6 Å². The fourth-order valence-electron chi connectivity index (χ4n) is 3.91. The second-order valence-corrected chi connectivity index (χ2v) is 9.01. The quantitative estimate of drug-likeness (QED) is 0.606. The maximum atomic E-state index is 13.5. The minimum absolute atomic E-state index is 0.278. The van der Waals surface area contributed by atoms with Gasteiger partial charge in [-0.15, -0.1) is 0 Å². The number of nitrogens with one attached hydrogen (secondary N) is 3. The minimum atomic E-state index is -0.683. The molecule has 0 aliphatic heterocycles. The summed E-state index contributed by atoms with van der Waals surface area (Å²) in [5, 5.41) is 6.32. The number of fused-ring (bicyclic) bond motifs is 1. The Morgan fingerprint density at radius 3 is 2.56 bits per heavy atom. The molecule has 9 heteroatoms. The molecule has 0 bridgehead atoms. The molecule has 32 heavy (non-hydrogen) atoms. The number of hydrogen-bond acceptors (Lipinski definition) is 5. The Kier molecular flexibility index (Phi) is 7.06. The Bertz CT molecular complexity index is 997. The van der Waals surface area contributed by atoms with Crippen molar-refractivity contribution < 1.29 is 28.2 Å². The maximum absolute atomic E-state index is 13.5. The van der Waals surface area contributed by atoms with Crippen LogP contribution in [-0.4, -0.2) is 47.2 Å². The van der Waals surface area contributed by atoms with E-state index in [-0.39, 0.29) is 35.9 Å². The number of amides is 2. The van der Waals surface area contributed by atoms with Gasteiger partial charge in [0.25, 0.3) is 5.91 Å². The number of benzene rings is 1. The smallest absolute Gasteiger partial charge is 0.407 e. The minimum Gasteiger partial charge on any atom is -0.466 e. The van der Waals surface area contributed by atoms with Crippen LogP contribution in [0.1, 0.15) is 57.4 Å². The van der Waals surface area contributed by atoms with E-state index in [0.717, 1.165) is 0 Å². The van der Waals surface area contributed by atoms with Crippen LogP contribution in [0, 0.1) is 11.7 Å². The van der Waals surface area contributed by atoms with Gasteiger partial charge in [-0.3, -0.25) is 9.59 Å². The molecule has 2 amide bonds. The first-order valence-electron chi connectivity index (χ1n) is 10.8. The average Bonchev–Trinajstić information content (AvgIpc) is 3.11. The normalized spacial score (nSPS) is 21.1. The lowest BCUT2D eigenvalue weighted by molar-refractivity contribution is -0.149. The van der Waals surface area contributed by atoms with Gasteiger partial charge in [-0.2, -0.15) is 0 Å². The molecule has 3 atom stereocenters. The first-order valence-corrected chi connectivity index (χ1v) is 10.8. The topological polar surface area (TPSA) is 110 Å². The summed E-state index contributed by atoms with van der Waals surface area (Å²) in [6, 6.07) is 4.88. The van der Waals surface area contributed by atoms with Crippen molar-refractivity contribution in [3.8, 4) is 0 Å². The fraction of sp³-hybridized carbons (Fsp3) is 0.522. The summed E-state index contributed by atoms with van der Waals surface area (Å²) in [6.07, 6.45) is 0.701. The third kappa shape index (κ3) is 5.99. The van der Waals surface area contributed by atoms with Gasteiger partial charge in [0.15, 0.2) is 0 Å². The lowest BCUT2D eigenvalue weighted by atomic mass is 9.82. The molecule has 1 aromatic carbocycles. The molecular formula is C23H30FN3O5. The molecule has 0 spiro atoms. The number of alkyl carbamates (subject to hydrolysis) is 1. The van der Waals surface area contributed by atoms with E-state index in [0.29, 0.717) is 30.2 Å². The van der Waals surface area contributed by atoms with Crippen LogP contribution in [0.4, 0.5) is 9.18 Å². The summed E-state index contributed by atoms with van der Waals surface area (Å²) in [7, 11) is 0. The van der Waals surface area contributed by atoms with Gasteiger partial charge in [-0.1, -0.05) is 0 Å². The summed E-state index contributed by atoms with van der Waals surface area (Å²) in [4.78, 5) is 40.5. The van der Waals surface area contributed by atoms with Gasteiger partial charge in [0, 0.05) is 16.9 Å². The number of rotatable bonds is 5. The molecule has 2 aromatic rings. The van der Waals surface area contributed by atoms with Gasteiger partial charge in [-0.05, 0) is 71.2 Å². The van der Waals surface area contributed by atoms with E-state index in [1.54, 1.807) is 39.8 Å². The summed E-state index contributed by atoms with van der Waals surface area (Å²) in [5.41, 5.74) is 0.248. The van der Waals surface area contributed by atoms with E-state index >= 15 is 0 Å². The van der Waals surface area contributed by atoms with E-state index in [1.807, 2.05) is 0 Å². The summed E-state index contributed by atoms with van der Waals surface area (Å²) in [6.45, 7) is 7.29. The molecule has 3 N–H and O–H groups in total. The average molecular weight is 448 g/mol. The number of halogens is 1. The van der Waals surface area contributed by atoms with Crippen molar-refractivity contribution >= 4 is 28.9 Å². The standard InChI is InChI=1S/C23H30FN3O5/c1-5-31-21(29)13-6-8-17(18(11-13)27-22(30)32-23(2,3)4)26-20(28)19-12-14-10-15(24)7-9-16(14)25-19/h7,9-10,12-13,17-18,25H,5-6,8,11H2,1-4H3,(H,26,28)(H,27,30)/t13-,17+,18-/m1/s1. The Morgan fingerprint density at radius 2 is 1.88 bits per heavy atom. The molecule has 1 aliphatic rings. The predicted octanol–water partition coefficient (Wildman–Crippen LogP) is 3.66. The van der Waals surface area contributed by atoms with E-state index < -0.39 is 23.8 Å². The second kappa shape index (κ2) is 9.58. The van der Waals surface area contributed by atoms with Gasteiger partial charge in [-0.25, -0.2) is 9.18 Å². The van der Waals surface area contributed by atoms with Crippen LogP contribution in [-0.2, 0) is 14.3 Å². The van der Waals surface area contributed by atoms with Gasteiger partial charge >= 0.3 is 12.1 Å². The monoisotopic (exact) mass is 447 g/mol. The highest BCUT2D eigenvalue weighted by Gasteiger charge is 2.37. The maximum Gasteiger partial charge on any atom is 0.407 e.